The summed E-state index contributed by atoms with van der Waals surface area (Å²) in [6, 6.07) is 0. The van der Waals surface area contributed by atoms with Gasteiger partial charge < -0.3 is 9.84 Å². The number of carbonyl (C=O) groups is 3. The molecule has 0 radical (unpaired) electrons. The van der Waals surface area contributed by atoms with Crippen molar-refractivity contribution in [3.63, 3.8) is 0 Å². The number of fused-ring (bicyclic) bond motifs is 5. The molecule has 3 unspecified atom stereocenters. The Kier molecular flexibility index (Phi) is 6.35. The molecule has 168 valence electrons. The molecule has 4 rings (SSSR count). The number of hydrogen-bond acceptors (Lipinski definition) is 5. The normalized spacial score (nSPS) is 44.5. The quantitative estimate of drug-likeness (QED) is 0.464. The highest BCUT2D eigenvalue weighted by molar-refractivity contribution is 5.94. The summed E-state index contributed by atoms with van der Waals surface area (Å²) in [4.78, 5) is 32.7. The maximum Gasteiger partial charge on any atom is 0.310 e. The van der Waals surface area contributed by atoms with Crippen molar-refractivity contribution in [2.75, 3.05) is 0 Å². The van der Waals surface area contributed by atoms with Gasteiger partial charge in [-0.2, -0.15) is 0 Å². The molecule has 3 fully saturated rings. The summed E-state index contributed by atoms with van der Waals surface area (Å²) >= 11 is 0. The van der Waals surface area contributed by atoms with Crippen molar-refractivity contribution in [2.24, 2.45) is 40.4 Å². The SMILES string of the molecule is CC(=O)OC(C)=O.C[C@@H]1CC[C@@]2(C)C(=CC(=O)C3C2CC[C@@]2(C)C3C[C@@H](C)[C@@H]2O)C1. The van der Waals surface area contributed by atoms with E-state index in [1.807, 2.05) is 6.08 Å². The van der Waals surface area contributed by atoms with Crippen LogP contribution in [0.5, 0.6) is 0 Å². The molecular weight excluding hydrogens is 380 g/mol. The highest BCUT2D eigenvalue weighted by Gasteiger charge is 2.62. The second kappa shape index (κ2) is 8.22. The van der Waals surface area contributed by atoms with E-state index in [2.05, 4.69) is 32.4 Å². The van der Waals surface area contributed by atoms with Crippen LogP contribution in [0.3, 0.4) is 0 Å². The smallest absolute Gasteiger partial charge is 0.310 e. The lowest BCUT2D eigenvalue weighted by atomic mass is 9.47. The van der Waals surface area contributed by atoms with Crippen LogP contribution in [0.15, 0.2) is 11.6 Å². The first-order valence-electron chi connectivity index (χ1n) is 11.5. The van der Waals surface area contributed by atoms with Gasteiger partial charge >= 0.3 is 11.9 Å². The summed E-state index contributed by atoms with van der Waals surface area (Å²) in [5, 5.41) is 10.7. The van der Waals surface area contributed by atoms with Crippen molar-refractivity contribution in [2.45, 2.75) is 86.2 Å². The number of aliphatic hydroxyl groups excluding tert-OH is 1. The molecule has 1 N–H and O–H groups in total. The molecule has 0 amide bonds. The first-order valence-corrected chi connectivity index (χ1v) is 11.5. The van der Waals surface area contributed by atoms with Crippen molar-refractivity contribution in [1.29, 1.82) is 0 Å². The average molecular weight is 419 g/mol. The summed E-state index contributed by atoms with van der Waals surface area (Å²) in [7, 11) is 0. The van der Waals surface area contributed by atoms with E-state index in [1.165, 1.54) is 32.3 Å². The van der Waals surface area contributed by atoms with Crippen LogP contribution in [0.4, 0.5) is 0 Å². The highest BCUT2D eigenvalue weighted by atomic mass is 16.6. The standard InChI is InChI=1S/C21H32O2.C4H6O3/c1-12-5-7-20(3)14(9-12)11-17(22)18-15(20)6-8-21(4)16(18)10-13(2)19(21)23;1-3(5)7-4(2)6/h11-13,15-16,18-19,23H,5-10H2,1-4H3;1-2H3/t12-,13-,15?,16?,18?,19+,20+,21+;/m1./s1. The van der Waals surface area contributed by atoms with Crippen LogP contribution in [0.25, 0.3) is 0 Å². The summed E-state index contributed by atoms with van der Waals surface area (Å²) in [6.07, 6.45) is 8.71. The van der Waals surface area contributed by atoms with Crippen LogP contribution < -0.4 is 0 Å². The van der Waals surface area contributed by atoms with Crippen molar-refractivity contribution < 1.29 is 24.2 Å². The molecule has 4 aliphatic carbocycles. The molecule has 0 saturated heterocycles. The summed E-state index contributed by atoms with van der Waals surface area (Å²) < 4.78 is 3.97. The second-order valence-corrected chi connectivity index (χ2v) is 10.9. The third kappa shape index (κ3) is 3.90. The lowest BCUT2D eigenvalue weighted by molar-refractivity contribution is -0.156. The van der Waals surface area contributed by atoms with Gasteiger partial charge in [0, 0.05) is 19.8 Å². The number of allylic oxidation sites excluding steroid dienone is 2. The predicted molar refractivity (Wildman–Crippen MR) is 114 cm³/mol. The third-order valence-electron chi connectivity index (χ3n) is 8.76. The van der Waals surface area contributed by atoms with Gasteiger partial charge in [0.05, 0.1) is 6.10 Å². The maximum atomic E-state index is 13.1. The first kappa shape index (κ1) is 23.2. The minimum absolute atomic E-state index is 0.0418. The summed E-state index contributed by atoms with van der Waals surface area (Å²) in [5.74, 6) is 1.37. The predicted octanol–water partition coefficient (Wildman–Crippen LogP) is 4.47. The van der Waals surface area contributed by atoms with Crippen LogP contribution in [0.1, 0.15) is 80.1 Å². The molecule has 3 saturated carbocycles. The van der Waals surface area contributed by atoms with Gasteiger partial charge in [-0.25, -0.2) is 0 Å². The van der Waals surface area contributed by atoms with E-state index in [4.69, 9.17) is 0 Å². The summed E-state index contributed by atoms with van der Waals surface area (Å²) in [6.45, 7) is 11.5. The van der Waals surface area contributed by atoms with E-state index in [9.17, 15) is 19.5 Å². The second-order valence-electron chi connectivity index (χ2n) is 10.9. The number of hydrogen-bond donors (Lipinski definition) is 1. The van der Waals surface area contributed by atoms with Crippen molar-refractivity contribution in [1.82, 2.24) is 0 Å². The van der Waals surface area contributed by atoms with Gasteiger partial charge in [-0.1, -0.05) is 33.3 Å². The Morgan fingerprint density at radius 1 is 1.07 bits per heavy atom. The molecule has 8 atom stereocenters. The fourth-order valence-corrected chi connectivity index (χ4v) is 7.13. The Balaban J connectivity index is 0.000000318. The zero-order valence-electron chi connectivity index (χ0n) is 19.4. The van der Waals surface area contributed by atoms with Gasteiger partial charge in [0.1, 0.15) is 0 Å². The molecule has 0 aromatic heterocycles. The van der Waals surface area contributed by atoms with Gasteiger partial charge in [-0.3, -0.25) is 14.4 Å². The highest BCUT2D eigenvalue weighted by Crippen LogP contribution is 2.65. The maximum absolute atomic E-state index is 13.1. The van der Waals surface area contributed by atoms with Crippen molar-refractivity contribution >= 4 is 17.7 Å². The van der Waals surface area contributed by atoms with Crippen LogP contribution >= 0.6 is 0 Å². The topological polar surface area (TPSA) is 80.7 Å². The molecule has 0 aliphatic heterocycles. The largest absolute Gasteiger partial charge is 0.394 e. The van der Waals surface area contributed by atoms with Gasteiger partial charge in [-0.15, -0.1) is 0 Å². The van der Waals surface area contributed by atoms with Crippen LogP contribution in [-0.2, 0) is 19.1 Å². The van der Waals surface area contributed by atoms with Crippen LogP contribution in [-0.4, -0.2) is 28.9 Å². The fraction of sp³-hybridized carbons (Fsp3) is 0.800. The molecule has 0 aromatic rings. The van der Waals surface area contributed by atoms with E-state index in [-0.39, 0.29) is 22.9 Å². The Hall–Kier alpha value is -1.49. The minimum atomic E-state index is -0.562. The zero-order chi connectivity index (χ0) is 22.4. The lowest BCUT2D eigenvalue weighted by Crippen LogP contribution is -2.53. The number of aliphatic hydroxyl groups is 1. The van der Waals surface area contributed by atoms with Crippen molar-refractivity contribution in [3.05, 3.63) is 11.6 Å². The van der Waals surface area contributed by atoms with E-state index in [0.717, 1.165) is 31.6 Å². The van der Waals surface area contributed by atoms with E-state index in [0.29, 0.717) is 23.5 Å². The van der Waals surface area contributed by atoms with Crippen molar-refractivity contribution in [3.8, 4) is 0 Å². The molecule has 5 heteroatoms. The number of ether oxygens (including phenoxy) is 1. The molecule has 4 aliphatic rings. The minimum Gasteiger partial charge on any atom is -0.394 e. The molecule has 5 nitrogen and oxygen atoms in total. The number of ketones is 1. The van der Waals surface area contributed by atoms with Gasteiger partial charge in [0.2, 0.25) is 0 Å². The Bertz CT molecular complexity index is 743. The number of carbonyl (C=O) groups excluding carboxylic acids is 3. The first-order chi connectivity index (χ1) is 13.9. The van der Waals surface area contributed by atoms with E-state index < -0.39 is 11.9 Å². The van der Waals surface area contributed by atoms with E-state index >= 15 is 0 Å². The monoisotopic (exact) mass is 418 g/mol. The van der Waals surface area contributed by atoms with E-state index in [1.54, 1.807) is 0 Å². The lowest BCUT2D eigenvalue weighted by Gasteiger charge is -2.56. The molecule has 0 bridgehead atoms. The fourth-order valence-electron chi connectivity index (χ4n) is 7.13. The van der Waals surface area contributed by atoms with Gasteiger partial charge in [-0.05, 0) is 79.1 Å². The zero-order valence-corrected chi connectivity index (χ0v) is 19.4. The third-order valence-corrected chi connectivity index (χ3v) is 8.76. The Labute approximate surface area is 180 Å². The number of esters is 2. The number of rotatable bonds is 0. The molecular formula is C25H38O5. The Morgan fingerprint density at radius 2 is 1.70 bits per heavy atom. The molecule has 0 aromatic carbocycles. The van der Waals surface area contributed by atoms with Gasteiger partial charge in [0.15, 0.2) is 5.78 Å². The molecule has 0 spiro atoms. The van der Waals surface area contributed by atoms with Gasteiger partial charge in [0.25, 0.3) is 0 Å². The molecule has 0 heterocycles. The van der Waals surface area contributed by atoms with Crippen LogP contribution in [0.2, 0.25) is 0 Å². The molecule has 30 heavy (non-hydrogen) atoms. The average Bonchev–Trinajstić information content (AvgIpc) is 2.86. The Morgan fingerprint density at radius 3 is 2.27 bits per heavy atom. The summed E-state index contributed by atoms with van der Waals surface area (Å²) in [5.41, 5.74) is 1.64. The van der Waals surface area contributed by atoms with Crippen LogP contribution in [0, 0.1) is 40.4 Å².